The molecule has 0 aliphatic carbocycles. The van der Waals surface area contributed by atoms with Crippen LogP contribution in [0.4, 0.5) is 4.79 Å². The summed E-state index contributed by atoms with van der Waals surface area (Å²) < 4.78 is 5.00. The normalized spacial score (nSPS) is 11.7. The number of methoxy groups -OCH3 is 1. The van der Waals surface area contributed by atoms with Gasteiger partial charge >= 0.3 is 6.03 Å². The van der Waals surface area contributed by atoms with Gasteiger partial charge in [0.05, 0.1) is 13.2 Å². The number of hydrogen-bond acceptors (Lipinski definition) is 3. The van der Waals surface area contributed by atoms with E-state index in [1.54, 1.807) is 31.4 Å². The predicted octanol–water partition coefficient (Wildman–Crippen LogP) is 0.658. The van der Waals surface area contributed by atoms with E-state index in [0.717, 1.165) is 11.3 Å². The summed E-state index contributed by atoms with van der Waals surface area (Å²) in [6.45, 7) is 0.173. The van der Waals surface area contributed by atoms with Gasteiger partial charge in [0.25, 0.3) is 0 Å². The van der Waals surface area contributed by atoms with Gasteiger partial charge in [-0.3, -0.25) is 0 Å². The van der Waals surface area contributed by atoms with E-state index in [1.807, 2.05) is 0 Å². The fourth-order valence-electron chi connectivity index (χ4n) is 1.22. The van der Waals surface area contributed by atoms with Gasteiger partial charge < -0.3 is 20.5 Å². The van der Waals surface area contributed by atoms with Crippen LogP contribution >= 0.6 is 0 Å². The minimum atomic E-state index is -0.719. The molecule has 0 saturated carbocycles. The van der Waals surface area contributed by atoms with Gasteiger partial charge in [-0.1, -0.05) is 12.1 Å². The lowest BCUT2D eigenvalue weighted by Gasteiger charge is -2.12. The lowest BCUT2D eigenvalue weighted by Crippen LogP contribution is -2.35. The second kappa shape index (κ2) is 5.97. The predicted molar refractivity (Wildman–Crippen MR) is 60.4 cm³/mol. The van der Waals surface area contributed by atoms with Gasteiger partial charge in [0.2, 0.25) is 0 Å². The zero-order valence-corrected chi connectivity index (χ0v) is 9.36. The van der Waals surface area contributed by atoms with Crippen LogP contribution < -0.4 is 15.4 Å². The van der Waals surface area contributed by atoms with Crippen LogP contribution in [0.5, 0.6) is 5.75 Å². The molecule has 3 N–H and O–H groups in total. The van der Waals surface area contributed by atoms with Crippen molar-refractivity contribution in [2.75, 3.05) is 20.7 Å². The number of carbonyl (C=O) groups is 1. The molecule has 0 aliphatic rings. The van der Waals surface area contributed by atoms with Crippen LogP contribution in [0.1, 0.15) is 11.7 Å². The maximum atomic E-state index is 10.9. The summed E-state index contributed by atoms with van der Waals surface area (Å²) in [5, 5.41) is 14.7. The van der Waals surface area contributed by atoms with Crippen molar-refractivity contribution in [3.63, 3.8) is 0 Å². The van der Waals surface area contributed by atoms with E-state index in [2.05, 4.69) is 10.6 Å². The molecule has 0 aromatic heterocycles. The van der Waals surface area contributed by atoms with Gasteiger partial charge in [-0.2, -0.15) is 0 Å². The molecule has 88 valence electrons. The van der Waals surface area contributed by atoms with E-state index in [4.69, 9.17) is 4.74 Å². The second-order valence-electron chi connectivity index (χ2n) is 3.25. The Morgan fingerprint density at radius 2 is 2.06 bits per heavy atom. The third-order valence-electron chi connectivity index (χ3n) is 2.18. The average Bonchev–Trinajstić information content (AvgIpc) is 2.35. The lowest BCUT2D eigenvalue weighted by atomic mass is 10.1. The van der Waals surface area contributed by atoms with Crippen molar-refractivity contribution in [3.05, 3.63) is 29.8 Å². The van der Waals surface area contributed by atoms with Crippen molar-refractivity contribution in [3.8, 4) is 5.75 Å². The van der Waals surface area contributed by atoms with E-state index in [9.17, 15) is 9.90 Å². The molecule has 1 unspecified atom stereocenters. The number of amides is 2. The van der Waals surface area contributed by atoms with Crippen molar-refractivity contribution in [1.29, 1.82) is 0 Å². The molecule has 16 heavy (non-hydrogen) atoms. The molecule has 0 heterocycles. The van der Waals surface area contributed by atoms with Crippen LogP contribution in [-0.2, 0) is 0 Å². The first-order valence-electron chi connectivity index (χ1n) is 4.95. The molecular weight excluding hydrogens is 208 g/mol. The summed E-state index contributed by atoms with van der Waals surface area (Å²) in [5.41, 5.74) is 0.734. The molecule has 0 fully saturated rings. The monoisotopic (exact) mass is 224 g/mol. The van der Waals surface area contributed by atoms with Crippen LogP contribution in [0.3, 0.4) is 0 Å². The standard InChI is InChI=1S/C11H16N2O3/c1-12-11(15)13-7-10(14)8-3-5-9(16-2)6-4-8/h3-6,10,14H,7H2,1-2H3,(H2,12,13,15). The smallest absolute Gasteiger partial charge is 0.314 e. The van der Waals surface area contributed by atoms with Crippen LogP contribution in [0, 0.1) is 0 Å². The summed E-state index contributed by atoms with van der Waals surface area (Å²) in [4.78, 5) is 10.9. The summed E-state index contributed by atoms with van der Waals surface area (Å²) in [7, 11) is 3.10. The SMILES string of the molecule is CNC(=O)NCC(O)c1ccc(OC)cc1. The van der Waals surface area contributed by atoms with Gasteiger partial charge in [-0.05, 0) is 17.7 Å². The number of aliphatic hydroxyl groups is 1. The molecule has 0 radical (unpaired) electrons. The Hall–Kier alpha value is -1.75. The quantitative estimate of drug-likeness (QED) is 0.703. The summed E-state index contributed by atoms with van der Waals surface area (Å²) >= 11 is 0. The van der Waals surface area contributed by atoms with Crippen LogP contribution in [0.25, 0.3) is 0 Å². The topological polar surface area (TPSA) is 70.6 Å². The minimum absolute atomic E-state index is 0.173. The molecule has 5 nitrogen and oxygen atoms in total. The van der Waals surface area contributed by atoms with E-state index in [-0.39, 0.29) is 12.6 Å². The fourth-order valence-corrected chi connectivity index (χ4v) is 1.22. The maximum Gasteiger partial charge on any atom is 0.314 e. The highest BCUT2D eigenvalue weighted by Gasteiger charge is 2.08. The van der Waals surface area contributed by atoms with Gasteiger partial charge in [-0.15, -0.1) is 0 Å². The lowest BCUT2D eigenvalue weighted by molar-refractivity contribution is 0.173. The van der Waals surface area contributed by atoms with E-state index in [1.165, 1.54) is 7.05 Å². The number of ether oxygens (including phenoxy) is 1. The van der Waals surface area contributed by atoms with E-state index < -0.39 is 6.10 Å². The average molecular weight is 224 g/mol. The van der Waals surface area contributed by atoms with Crippen LogP contribution in [0.2, 0.25) is 0 Å². The summed E-state index contributed by atoms with van der Waals surface area (Å²) in [6.07, 6.45) is -0.719. The first-order valence-corrected chi connectivity index (χ1v) is 4.95. The Morgan fingerprint density at radius 3 is 2.56 bits per heavy atom. The molecule has 0 spiro atoms. The Balaban J connectivity index is 2.52. The van der Waals surface area contributed by atoms with Crippen molar-refractivity contribution in [1.82, 2.24) is 10.6 Å². The fraction of sp³-hybridized carbons (Fsp3) is 0.364. The van der Waals surface area contributed by atoms with Gasteiger partial charge in [0, 0.05) is 13.6 Å². The molecule has 1 aromatic carbocycles. The van der Waals surface area contributed by atoms with Crippen molar-refractivity contribution in [2.45, 2.75) is 6.10 Å². The van der Waals surface area contributed by atoms with Gasteiger partial charge in [0.15, 0.2) is 0 Å². The summed E-state index contributed by atoms with van der Waals surface area (Å²) in [5.74, 6) is 0.732. The molecule has 0 aliphatic heterocycles. The summed E-state index contributed by atoms with van der Waals surface area (Å²) in [6, 6.07) is 6.73. The number of urea groups is 1. The molecular formula is C11H16N2O3. The van der Waals surface area contributed by atoms with Crippen LogP contribution in [0.15, 0.2) is 24.3 Å². The van der Waals surface area contributed by atoms with E-state index >= 15 is 0 Å². The molecule has 1 rings (SSSR count). The number of nitrogens with one attached hydrogen (secondary N) is 2. The zero-order valence-electron chi connectivity index (χ0n) is 9.36. The molecule has 5 heteroatoms. The Morgan fingerprint density at radius 1 is 1.44 bits per heavy atom. The molecule has 0 saturated heterocycles. The molecule has 0 bridgehead atoms. The Labute approximate surface area is 94.4 Å². The zero-order chi connectivity index (χ0) is 12.0. The highest BCUT2D eigenvalue weighted by Crippen LogP contribution is 2.16. The van der Waals surface area contributed by atoms with E-state index in [0.29, 0.717) is 0 Å². The highest BCUT2D eigenvalue weighted by atomic mass is 16.5. The first-order chi connectivity index (χ1) is 7.67. The minimum Gasteiger partial charge on any atom is -0.497 e. The van der Waals surface area contributed by atoms with Crippen molar-refractivity contribution in [2.24, 2.45) is 0 Å². The number of benzene rings is 1. The Kier molecular flexibility index (Phi) is 4.60. The Bertz CT molecular complexity index is 338. The van der Waals surface area contributed by atoms with Gasteiger partial charge in [-0.25, -0.2) is 4.79 Å². The van der Waals surface area contributed by atoms with Crippen molar-refractivity contribution < 1.29 is 14.6 Å². The maximum absolute atomic E-state index is 10.9. The number of carbonyl (C=O) groups excluding carboxylic acids is 1. The van der Waals surface area contributed by atoms with Gasteiger partial charge in [0.1, 0.15) is 5.75 Å². The van der Waals surface area contributed by atoms with Crippen LogP contribution in [-0.4, -0.2) is 31.8 Å². The third-order valence-corrected chi connectivity index (χ3v) is 2.18. The number of aliphatic hydroxyl groups excluding tert-OH is 1. The molecule has 1 atom stereocenters. The second-order valence-corrected chi connectivity index (χ2v) is 3.25. The highest BCUT2D eigenvalue weighted by molar-refractivity contribution is 5.73. The number of rotatable bonds is 4. The molecule has 1 aromatic rings. The number of hydrogen-bond donors (Lipinski definition) is 3. The van der Waals surface area contributed by atoms with Crippen molar-refractivity contribution >= 4 is 6.03 Å². The first kappa shape index (κ1) is 12.3. The largest absolute Gasteiger partial charge is 0.497 e. The molecule has 2 amide bonds. The third kappa shape index (κ3) is 3.43.